The Hall–Kier alpha value is -1.01. The van der Waals surface area contributed by atoms with Crippen LogP contribution >= 0.6 is 11.8 Å². The number of carbonyl (C=O) groups excluding carboxylic acids is 1. The summed E-state index contributed by atoms with van der Waals surface area (Å²) in [5.74, 6) is 1.17. The highest BCUT2D eigenvalue weighted by atomic mass is 32.2. The molecule has 19 heavy (non-hydrogen) atoms. The van der Waals surface area contributed by atoms with E-state index in [-0.39, 0.29) is 18.1 Å². The van der Waals surface area contributed by atoms with Crippen molar-refractivity contribution in [3.63, 3.8) is 0 Å². The summed E-state index contributed by atoms with van der Waals surface area (Å²) in [6.07, 6.45) is 1.48. The van der Waals surface area contributed by atoms with Gasteiger partial charge >= 0.3 is 5.97 Å². The van der Waals surface area contributed by atoms with Crippen molar-refractivity contribution in [2.75, 3.05) is 24.9 Å². The molecule has 0 aromatic heterocycles. The zero-order valence-corrected chi connectivity index (χ0v) is 12.7. The summed E-state index contributed by atoms with van der Waals surface area (Å²) in [5.41, 5.74) is 1.98. The molecule has 0 N–H and O–H groups in total. The standard InChI is InChI=1S/C13H18O4S2/c1-17-13(14)9-11-5-3-4-6-12(11)10-18-7-8-19(2,15)16/h3-6H,7-10H2,1-2H3. The second-order valence-electron chi connectivity index (χ2n) is 4.20. The SMILES string of the molecule is COC(=O)Cc1ccccc1CSCCS(C)(=O)=O. The van der Waals surface area contributed by atoms with E-state index in [9.17, 15) is 13.2 Å². The van der Waals surface area contributed by atoms with E-state index >= 15 is 0 Å². The lowest BCUT2D eigenvalue weighted by Gasteiger charge is -2.08. The molecule has 0 spiro atoms. The molecule has 1 rings (SSSR count). The molecule has 0 bridgehead atoms. The van der Waals surface area contributed by atoms with Gasteiger partial charge in [-0.15, -0.1) is 0 Å². The van der Waals surface area contributed by atoms with E-state index in [2.05, 4.69) is 4.74 Å². The van der Waals surface area contributed by atoms with Gasteiger partial charge in [-0.25, -0.2) is 8.42 Å². The number of hydrogen-bond acceptors (Lipinski definition) is 5. The molecule has 0 atom stereocenters. The van der Waals surface area contributed by atoms with Gasteiger partial charge in [0.2, 0.25) is 0 Å². The van der Waals surface area contributed by atoms with Crippen LogP contribution in [0.25, 0.3) is 0 Å². The summed E-state index contributed by atoms with van der Waals surface area (Å²) in [6.45, 7) is 0. The highest BCUT2D eigenvalue weighted by Gasteiger charge is 2.08. The van der Waals surface area contributed by atoms with Gasteiger partial charge in [-0.3, -0.25) is 4.79 Å². The van der Waals surface area contributed by atoms with E-state index in [4.69, 9.17) is 0 Å². The van der Waals surface area contributed by atoms with Crippen molar-refractivity contribution in [1.82, 2.24) is 0 Å². The van der Waals surface area contributed by atoms with Crippen LogP contribution in [0.3, 0.4) is 0 Å². The molecular weight excluding hydrogens is 284 g/mol. The second kappa shape index (κ2) is 7.55. The van der Waals surface area contributed by atoms with Gasteiger partial charge in [0, 0.05) is 17.8 Å². The Balaban J connectivity index is 2.55. The van der Waals surface area contributed by atoms with Gasteiger partial charge in [-0.05, 0) is 11.1 Å². The van der Waals surface area contributed by atoms with Gasteiger partial charge in [0.1, 0.15) is 9.84 Å². The van der Waals surface area contributed by atoms with Crippen molar-refractivity contribution in [2.45, 2.75) is 12.2 Å². The molecule has 0 saturated heterocycles. The Morgan fingerprint density at radius 3 is 2.47 bits per heavy atom. The van der Waals surface area contributed by atoms with E-state index < -0.39 is 9.84 Å². The number of thioether (sulfide) groups is 1. The normalized spacial score (nSPS) is 11.3. The fourth-order valence-corrected chi connectivity index (χ4v) is 3.82. The number of benzene rings is 1. The maximum Gasteiger partial charge on any atom is 0.309 e. The van der Waals surface area contributed by atoms with Crippen molar-refractivity contribution >= 4 is 27.6 Å². The summed E-state index contributed by atoms with van der Waals surface area (Å²) in [5, 5.41) is 0. The van der Waals surface area contributed by atoms with Crippen LogP contribution in [0.1, 0.15) is 11.1 Å². The van der Waals surface area contributed by atoms with Gasteiger partial charge in [0.15, 0.2) is 0 Å². The van der Waals surface area contributed by atoms with Crippen molar-refractivity contribution in [2.24, 2.45) is 0 Å². The van der Waals surface area contributed by atoms with E-state index in [1.165, 1.54) is 13.4 Å². The third-order valence-corrected chi connectivity index (χ3v) is 4.75. The third-order valence-electron chi connectivity index (χ3n) is 2.54. The molecule has 1 aromatic carbocycles. The van der Waals surface area contributed by atoms with E-state index in [1.54, 1.807) is 11.8 Å². The lowest BCUT2D eigenvalue weighted by Crippen LogP contribution is -2.07. The zero-order chi connectivity index (χ0) is 14.3. The summed E-state index contributed by atoms with van der Waals surface area (Å²) < 4.78 is 26.7. The third kappa shape index (κ3) is 6.63. The maximum atomic E-state index is 11.3. The zero-order valence-electron chi connectivity index (χ0n) is 11.1. The van der Waals surface area contributed by atoms with Crippen molar-refractivity contribution in [3.8, 4) is 0 Å². The lowest BCUT2D eigenvalue weighted by molar-refractivity contribution is -0.139. The molecule has 106 valence electrons. The van der Waals surface area contributed by atoms with Gasteiger partial charge < -0.3 is 4.74 Å². The first-order valence-corrected chi connectivity index (χ1v) is 9.03. The Kier molecular flexibility index (Phi) is 6.37. The molecular formula is C13H18O4S2. The molecule has 4 nitrogen and oxygen atoms in total. The number of methoxy groups -OCH3 is 1. The smallest absolute Gasteiger partial charge is 0.309 e. The number of esters is 1. The number of hydrogen-bond donors (Lipinski definition) is 0. The van der Waals surface area contributed by atoms with Gasteiger partial charge in [0.05, 0.1) is 19.3 Å². The minimum absolute atomic E-state index is 0.177. The van der Waals surface area contributed by atoms with Crippen LogP contribution in [0.2, 0.25) is 0 Å². The number of carbonyl (C=O) groups is 1. The topological polar surface area (TPSA) is 60.4 Å². The Morgan fingerprint density at radius 1 is 1.26 bits per heavy atom. The average Bonchev–Trinajstić information content (AvgIpc) is 2.35. The van der Waals surface area contributed by atoms with E-state index in [1.807, 2.05) is 24.3 Å². The molecule has 0 amide bonds. The minimum Gasteiger partial charge on any atom is -0.469 e. The van der Waals surface area contributed by atoms with Crippen LogP contribution in [0.4, 0.5) is 0 Å². The molecule has 0 saturated carbocycles. The first kappa shape index (κ1) is 16.0. The van der Waals surface area contributed by atoms with Crippen molar-refractivity contribution < 1.29 is 17.9 Å². The molecule has 0 heterocycles. The van der Waals surface area contributed by atoms with Crippen molar-refractivity contribution in [3.05, 3.63) is 35.4 Å². The molecule has 0 aliphatic carbocycles. The highest BCUT2D eigenvalue weighted by Crippen LogP contribution is 2.17. The molecule has 0 aliphatic heterocycles. The summed E-state index contributed by atoms with van der Waals surface area (Å²) >= 11 is 1.55. The molecule has 6 heteroatoms. The Morgan fingerprint density at radius 2 is 1.89 bits per heavy atom. The van der Waals surface area contributed by atoms with Gasteiger partial charge in [-0.1, -0.05) is 24.3 Å². The number of ether oxygens (including phenoxy) is 1. The summed E-state index contributed by atoms with van der Waals surface area (Å²) in [6, 6.07) is 7.63. The molecule has 0 fully saturated rings. The van der Waals surface area contributed by atoms with Crippen LogP contribution in [-0.4, -0.2) is 39.3 Å². The largest absolute Gasteiger partial charge is 0.469 e. The Bertz CT molecular complexity index is 523. The fraction of sp³-hybridized carbons (Fsp3) is 0.462. The van der Waals surface area contributed by atoms with Crippen LogP contribution in [0, 0.1) is 0 Å². The molecule has 0 radical (unpaired) electrons. The monoisotopic (exact) mass is 302 g/mol. The van der Waals surface area contributed by atoms with Crippen LogP contribution in [-0.2, 0) is 31.5 Å². The first-order chi connectivity index (χ1) is 8.92. The first-order valence-electron chi connectivity index (χ1n) is 5.81. The van der Waals surface area contributed by atoms with Gasteiger partial charge in [-0.2, -0.15) is 11.8 Å². The van der Waals surface area contributed by atoms with Crippen LogP contribution in [0.15, 0.2) is 24.3 Å². The average molecular weight is 302 g/mol. The predicted octanol–water partition coefficient (Wildman–Crippen LogP) is 1.68. The molecule has 0 unspecified atom stereocenters. The second-order valence-corrected chi connectivity index (χ2v) is 7.57. The van der Waals surface area contributed by atoms with E-state index in [0.29, 0.717) is 11.5 Å². The Labute approximate surface area is 118 Å². The summed E-state index contributed by atoms with van der Waals surface area (Å²) in [4.78, 5) is 11.3. The number of rotatable bonds is 7. The highest BCUT2D eigenvalue weighted by molar-refractivity contribution is 7.99. The maximum absolute atomic E-state index is 11.3. The van der Waals surface area contributed by atoms with Crippen LogP contribution in [0.5, 0.6) is 0 Å². The number of sulfone groups is 1. The summed E-state index contributed by atoms with van der Waals surface area (Å²) in [7, 11) is -1.54. The molecule has 0 aliphatic rings. The molecule has 1 aromatic rings. The fourth-order valence-electron chi connectivity index (χ4n) is 1.49. The predicted molar refractivity (Wildman–Crippen MR) is 78.0 cm³/mol. The minimum atomic E-state index is -2.91. The van der Waals surface area contributed by atoms with Gasteiger partial charge in [0.25, 0.3) is 0 Å². The van der Waals surface area contributed by atoms with Crippen molar-refractivity contribution in [1.29, 1.82) is 0 Å². The van der Waals surface area contributed by atoms with E-state index in [0.717, 1.165) is 11.1 Å². The quantitative estimate of drug-likeness (QED) is 0.566. The lowest BCUT2D eigenvalue weighted by atomic mass is 10.1. The van der Waals surface area contributed by atoms with Crippen LogP contribution < -0.4 is 0 Å².